The predicted octanol–water partition coefficient (Wildman–Crippen LogP) is 4.69. The van der Waals surface area contributed by atoms with Crippen LogP contribution in [-0.4, -0.2) is 58.3 Å². The van der Waals surface area contributed by atoms with Crippen molar-refractivity contribution in [3.8, 4) is 17.1 Å². The van der Waals surface area contributed by atoms with Crippen molar-refractivity contribution >= 4 is 22.0 Å². The molecule has 0 aliphatic carbocycles. The van der Waals surface area contributed by atoms with Gasteiger partial charge in [0.25, 0.3) is 5.56 Å². The summed E-state index contributed by atoms with van der Waals surface area (Å²) in [5, 5.41) is 2.16. The van der Waals surface area contributed by atoms with E-state index >= 15 is 0 Å². The van der Waals surface area contributed by atoms with Crippen LogP contribution in [0.3, 0.4) is 0 Å². The number of unbranched alkanes of at least 4 members (excludes halogenated alkanes) is 2. The van der Waals surface area contributed by atoms with Crippen LogP contribution in [0.15, 0.2) is 46.1 Å². The van der Waals surface area contributed by atoms with Crippen molar-refractivity contribution in [1.29, 1.82) is 0 Å². The molecule has 1 N–H and O–H groups in total. The number of aromatic nitrogens is 2. The summed E-state index contributed by atoms with van der Waals surface area (Å²) in [4.78, 5) is 21.5. The van der Waals surface area contributed by atoms with Gasteiger partial charge in [-0.25, -0.2) is 9.19 Å². The van der Waals surface area contributed by atoms with Gasteiger partial charge < -0.3 is 19.2 Å². The van der Waals surface area contributed by atoms with Crippen LogP contribution < -0.4 is 10.3 Å². The minimum Gasteiger partial charge on any atom is -0.493 e. The van der Waals surface area contributed by atoms with Crippen molar-refractivity contribution in [3.63, 3.8) is 0 Å². The lowest BCUT2D eigenvalue weighted by Crippen LogP contribution is -2.36. The fourth-order valence-corrected chi connectivity index (χ4v) is 5.49. The van der Waals surface area contributed by atoms with Gasteiger partial charge in [0.05, 0.1) is 47.3 Å². The number of fused-ring (bicyclic) bond motifs is 1. The highest BCUT2D eigenvalue weighted by Gasteiger charge is 2.40. The van der Waals surface area contributed by atoms with Crippen LogP contribution in [-0.2, 0) is 24.8 Å². The fourth-order valence-electron chi connectivity index (χ4n) is 4.67. The predicted molar refractivity (Wildman–Crippen MR) is 145 cm³/mol. The Labute approximate surface area is 225 Å². The number of para-hydroxylation sites is 1. The summed E-state index contributed by atoms with van der Waals surface area (Å²) in [5.41, 5.74) is 1.85. The summed E-state index contributed by atoms with van der Waals surface area (Å²) in [6.07, 6.45) is 5.37. The molecule has 2 aliphatic heterocycles. The van der Waals surface area contributed by atoms with Gasteiger partial charge in [-0.15, -0.1) is 0 Å². The van der Waals surface area contributed by atoms with E-state index in [1.54, 1.807) is 29.3 Å². The number of nitrogens with zero attached hydrogens (tertiary/aromatic N) is 2. The lowest BCUT2D eigenvalue weighted by molar-refractivity contribution is -0.109. The zero-order chi connectivity index (χ0) is 26.5. The Hall–Kier alpha value is -2.63. The van der Waals surface area contributed by atoms with E-state index in [4.69, 9.17) is 23.5 Å². The van der Waals surface area contributed by atoms with Crippen LogP contribution in [0.4, 0.5) is 0 Å². The van der Waals surface area contributed by atoms with Crippen molar-refractivity contribution in [2.45, 2.75) is 63.1 Å². The number of hydroxylamine groups is 2. The first-order valence-electron chi connectivity index (χ1n) is 13.5. The Morgan fingerprint density at radius 3 is 2.76 bits per heavy atom. The molecule has 3 heterocycles. The first-order valence-corrected chi connectivity index (χ1v) is 14.5. The SMILES string of the molecule is CCCCCC1OC1c1cccc2c(=O)[nH]c(-c3cc(S(=O)ON4CCOCC4)ccc3OCCC)nc12. The number of hydrogen-bond donors (Lipinski definition) is 1. The zero-order valence-electron chi connectivity index (χ0n) is 21.9. The first-order chi connectivity index (χ1) is 18.6. The Morgan fingerprint density at radius 1 is 1.13 bits per heavy atom. The molecule has 2 aliphatic rings. The molecule has 0 bridgehead atoms. The molecule has 3 unspecified atom stereocenters. The number of aromatic amines is 1. The average Bonchev–Trinajstić information content (AvgIpc) is 3.71. The lowest BCUT2D eigenvalue weighted by Gasteiger charge is -2.24. The molecule has 0 radical (unpaired) electrons. The molecule has 10 heteroatoms. The third kappa shape index (κ3) is 6.16. The number of nitrogens with one attached hydrogen (secondary N) is 1. The number of H-pyrrole nitrogens is 1. The van der Waals surface area contributed by atoms with E-state index in [-0.39, 0.29) is 17.8 Å². The van der Waals surface area contributed by atoms with Crippen LogP contribution in [0.5, 0.6) is 5.75 Å². The van der Waals surface area contributed by atoms with Crippen molar-refractivity contribution in [2.24, 2.45) is 0 Å². The highest BCUT2D eigenvalue weighted by molar-refractivity contribution is 7.80. The zero-order valence-corrected chi connectivity index (χ0v) is 22.8. The van der Waals surface area contributed by atoms with E-state index in [0.29, 0.717) is 65.8 Å². The summed E-state index contributed by atoms with van der Waals surface area (Å²) < 4.78 is 36.0. The van der Waals surface area contributed by atoms with Crippen LogP contribution >= 0.6 is 0 Å². The van der Waals surface area contributed by atoms with Crippen molar-refractivity contribution in [1.82, 2.24) is 15.0 Å². The van der Waals surface area contributed by atoms with E-state index in [1.807, 2.05) is 19.1 Å². The standard InChI is InChI=1S/C28H35N3O6S/c1-3-5-6-10-24-26(36-24)20-8-7-9-21-25(20)29-27(30-28(21)32)22-18-19(11-12-23(22)35-15-4-2)38(33)37-31-13-16-34-17-14-31/h7-9,11-12,18,24,26H,3-6,10,13-17H2,1-2H3,(H,29,30,32). The van der Waals surface area contributed by atoms with Gasteiger partial charge in [-0.05, 0) is 37.1 Å². The average molecular weight is 542 g/mol. The van der Waals surface area contributed by atoms with Gasteiger partial charge in [-0.2, -0.15) is 9.35 Å². The minimum atomic E-state index is -1.75. The molecule has 3 aromatic rings. The lowest BCUT2D eigenvalue weighted by atomic mass is 10.0. The van der Waals surface area contributed by atoms with E-state index < -0.39 is 11.1 Å². The highest BCUT2D eigenvalue weighted by Crippen LogP contribution is 2.44. The Balaban J connectivity index is 1.49. The summed E-state index contributed by atoms with van der Waals surface area (Å²) in [6.45, 7) is 6.85. The molecule has 2 saturated heterocycles. The van der Waals surface area contributed by atoms with Crippen molar-refractivity contribution in [2.75, 3.05) is 32.9 Å². The molecule has 3 atom stereocenters. The number of benzene rings is 2. The Morgan fingerprint density at radius 2 is 1.97 bits per heavy atom. The number of hydrogen-bond acceptors (Lipinski definition) is 8. The molecule has 0 saturated carbocycles. The maximum atomic E-state index is 13.2. The topological polar surface area (TPSA) is 106 Å². The summed E-state index contributed by atoms with van der Waals surface area (Å²) >= 11 is -1.75. The molecule has 9 nitrogen and oxygen atoms in total. The van der Waals surface area contributed by atoms with Gasteiger partial charge in [-0.1, -0.05) is 45.2 Å². The quantitative estimate of drug-likeness (QED) is 0.260. The normalized spacial score (nSPS) is 20.5. The molecule has 0 amide bonds. The van der Waals surface area contributed by atoms with E-state index in [1.165, 1.54) is 6.42 Å². The first kappa shape index (κ1) is 27.0. The summed E-state index contributed by atoms with van der Waals surface area (Å²) in [5.74, 6) is 0.911. The molecule has 38 heavy (non-hydrogen) atoms. The van der Waals surface area contributed by atoms with E-state index in [9.17, 15) is 9.00 Å². The van der Waals surface area contributed by atoms with Crippen LogP contribution in [0.1, 0.15) is 57.6 Å². The number of morpholine rings is 1. The van der Waals surface area contributed by atoms with Gasteiger partial charge in [0, 0.05) is 18.7 Å². The molecule has 1 aromatic heterocycles. The fraction of sp³-hybridized carbons (Fsp3) is 0.500. The number of epoxide rings is 1. The number of ether oxygens (including phenoxy) is 3. The van der Waals surface area contributed by atoms with Crippen LogP contribution in [0, 0.1) is 0 Å². The van der Waals surface area contributed by atoms with Crippen molar-refractivity contribution in [3.05, 3.63) is 52.3 Å². The van der Waals surface area contributed by atoms with Crippen LogP contribution in [0.2, 0.25) is 0 Å². The van der Waals surface area contributed by atoms with Gasteiger partial charge >= 0.3 is 0 Å². The second-order valence-electron chi connectivity index (χ2n) is 9.61. The molecule has 204 valence electrons. The monoisotopic (exact) mass is 541 g/mol. The molecule has 2 aromatic carbocycles. The minimum absolute atomic E-state index is 0.0609. The Kier molecular flexibility index (Phi) is 8.86. The van der Waals surface area contributed by atoms with E-state index in [2.05, 4.69) is 11.9 Å². The molecular formula is C28H35N3O6S. The Bertz CT molecular complexity index is 1340. The maximum absolute atomic E-state index is 13.2. The molecular weight excluding hydrogens is 506 g/mol. The largest absolute Gasteiger partial charge is 0.493 e. The van der Waals surface area contributed by atoms with E-state index in [0.717, 1.165) is 31.2 Å². The van der Waals surface area contributed by atoms with Gasteiger partial charge in [0.2, 0.25) is 11.1 Å². The smallest absolute Gasteiger partial charge is 0.259 e. The third-order valence-corrected chi connectivity index (χ3v) is 7.74. The second-order valence-corrected chi connectivity index (χ2v) is 10.7. The highest BCUT2D eigenvalue weighted by atomic mass is 32.2. The molecule has 5 rings (SSSR count). The maximum Gasteiger partial charge on any atom is 0.259 e. The summed E-state index contributed by atoms with van der Waals surface area (Å²) in [6, 6.07) is 10.8. The second kappa shape index (κ2) is 12.5. The van der Waals surface area contributed by atoms with Crippen LogP contribution in [0.25, 0.3) is 22.3 Å². The van der Waals surface area contributed by atoms with Gasteiger partial charge in [-0.3, -0.25) is 4.79 Å². The third-order valence-electron chi connectivity index (χ3n) is 6.75. The van der Waals surface area contributed by atoms with Crippen molar-refractivity contribution < 1.29 is 22.7 Å². The number of rotatable bonds is 12. The van der Waals surface area contributed by atoms with Gasteiger partial charge in [0.1, 0.15) is 17.7 Å². The summed E-state index contributed by atoms with van der Waals surface area (Å²) in [7, 11) is 0. The molecule has 0 spiro atoms. The van der Waals surface area contributed by atoms with Gasteiger partial charge in [0.15, 0.2) is 0 Å². The molecule has 2 fully saturated rings.